The third-order valence-corrected chi connectivity index (χ3v) is 3.92. The number of rotatable bonds is 9. The zero-order chi connectivity index (χ0) is 20.5. The summed E-state index contributed by atoms with van der Waals surface area (Å²) in [5.41, 5.74) is 20.4. The molecule has 0 radical (unpaired) electrons. The number of hydrogen-bond acceptors (Lipinski definition) is 7. The Morgan fingerprint density at radius 2 is 2.00 bits per heavy atom. The third-order valence-electron chi connectivity index (χ3n) is 3.92. The van der Waals surface area contributed by atoms with Gasteiger partial charge in [0.2, 0.25) is 5.88 Å². The van der Waals surface area contributed by atoms with Gasteiger partial charge in [0.05, 0.1) is 6.61 Å². The summed E-state index contributed by atoms with van der Waals surface area (Å²) in [4.78, 5) is 3.94. The number of aromatic nitrogens is 1. The van der Waals surface area contributed by atoms with Gasteiger partial charge in [-0.05, 0) is 36.3 Å². The molecule has 0 aliphatic carbocycles. The van der Waals surface area contributed by atoms with Gasteiger partial charge in [0.25, 0.3) is 0 Å². The number of hydrogen-bond donors (Lipinski definition) is 4. The fraction of sp³-hybridized carbons (Fsp3) is 0.250. The summed E-state index contributed by atoms with van der Waals surface area (Å²) in [5.74, 6) is 0.00151. The molecule has 0 saturated heterocycles. The quantitative estimate of drug-likeness (QED) is 0.296. The second-order valence-electron chi connectivity index (χ2n) is 5.98. The SMILES string of the molecule is CCc1ccc(F)c(/C(N)=C/C(Nc2ccnc(N)c2)=C(\N)OCCOC)c1. The van der Waals surface area contributed by atoms with Crippen LogP contribution in [-0.2, 0) is 15.9 Å². The molecule has 0 saturated carbocycles. The average Bonchev–Trinajstić information content (AvgIpc) is 2.68. The first-order chi connectivity index (χ1) is 13.4. The zero-order valence-corrected chi connectivity index (χ0v) is 16.0. The molecule has 0 atom stereocenters. The van der Waals surface area contributed by atoms with Crippen LogP contribution in [0.3, 0.4) is 0 Å². The minimum absolute atomic E-state index is 0.0856. The Labute approximate surface area is 164 Å². The number of nitrogens with one attached hydrogen (secondary N) is 1. The van der Waals surface area contributed by atoms with Gasteiger partial charge >= 0.3 is 0 Å². The summed E-state index contributed by atoms with van der Waals surface area (Å²) >= 11 is 0. The predicted molar refractivity (Wildman–Crippen MR) is 109 cm³/mol. The van der Waals surface area contributed by atoms with Crippen LogP contribution >= 0.6 is 0 Å². The zero-order valence-electron chi connectivity index (χ0n) is 16.0. The number of nitrogens with zero attached hydrogens (tertiary/aromatic N) is 1. The molecule has 1 aromatic heterocycles. The Morgan fingerprint density at radius 3 is 2.68 bits per heavy atom. The van der Waals surface area contributed by atoms with Crippen molar-refractivity contribution in [3.8, 4) is 0 Å². The average molecular weight is 387 g/mol. The van der Waals surface area contributed by atoms with E-state index in [9.17, 15) is 4.39 Å². The molecule has 0 amide bonds. The number of methoxy groups -OCH3 is 1. The second kappa shape index (κ2) is 10.2. The molecular weight excluding hydrogens is 361 g/mol. The first-order valence-electron chi connectivity index (χ1n) is 8.80. The maximum Gasteiger partial charge on any atom is 0.208 e. The van der Waals surface area contributed by atoms with E-state index in [1.165, 1.54) is 12.1 Å². The van der Waals surface area contributed by atoms with E-state index in [2.05, 4.69) is 10.3 Å². The lowest BCUT2D eigenvalue weighted by Crippen LogP contribution is -2.15. The van der Waals surface area contributed by atoms with Crippen molar-refractivity contribution in [1.82, 2.24) is 4.98 Å². The summed E-state index contributed by atoms with van der Waals surface area (Å²) in [6.07, 6.45) is 3.84. The van der Waals surface area contributed by atoms with E-state index in [4.69, 9.17) is 26.7 Å². The molecule has 28 heavy (non-hydrogen) atoms. The molecule has 0 spiro atoms. The Morgan fingerprint density at radius 1 is 1.21 bits per heavy atom. The van der Waals surface area contributed by atoms with Crippen LogP contribution in [0.15, 0.2) is 54.2 Å². The first kappa shape index (κ1) is 21.0. The second-order valence-corrected chi connectivity index (χ2v) is 5.98. The van der Waals surface area contributed by atoms with Gasteiger partial charge in [-0.15, -0.1) is 0 Å². The normalized spacial score (nSPS) is 12.5. The van der Waals surface area contributed by atoms with Crippen molar-refractivity contribution in [3.63, 3.8) is 0 Å². The summed E-state index contributed by atoms with van der Waals surface area (Å²) < 4.78 is 24.7. The number of ether oxygens (including phenoxy) is 2. The number of aryl methyl sites for hydroxylation is 1. The number of pyridine rings is 1. The Kier molecular flexibility index (Phi) is 7.65. The van der Waals surface area contributed by atoms with Gasteiger partial charge in [0.1, 0.15) is 23.9 Å². The van der Waals surface area contributed by atoms with Gasteiger partial charge in [-0.2, -0.15) is 0 Å². The third kappa shape index (κ3) is 5.88. The predicted octanol–water partition coefficient (Wildman–Crippen LogP) is 2.57. The fourth-order valence-corrected chi connectivity index (χ4v) is 2.41. The van der Waals surface area contributed by atoms with Crippen LogP contribution in [0, 0.1) is 5.82 Å². The lowest BCUT2D eigenvalue weighted by Gasteiger charge is -2.14. The van der Waals surface area contributed by atoms with E-state index in [0.29, 0.717) is 23.8 Å². The number of allylic oxidation sites excluding steroid dienone is 1. The number of nitrogens with two attached hydrogens (primary N) is 3. The van der Waals surface area contributed by atoms with Crippen LogP contribution in [0.5, 0.6) is 0 Å². The Hall–Kier alpha value is -3.26. The highest BCUT2D eigenvalue weighted by Crippen LogP contribution is 2.21. The van der Waals surface area contributed by atoms with Gasteiger partial charge in [-0.25, -0.2) is 9.37 Å². The van der Waals surface area contributed by atoms with Crippen molar-refractivity contribution >= 4 is 17.2 Å². The van der Waals surface area contributed by atoms with Crippen LogP contribution < -0.4 is 22.5 Å². The van der Waals surface area contributed by atoms with E-state index < -0.39 is 5.82 Å². The topological polar surface area (TPSA) is 121 Å². The summed E-state index contributed by atoms with van der Waals surface area (Å²) in [5, 5.41) is 3.09. The monoisotopic (exact) mass is 387 g/mol. The minimum Gasteiger partial charge on any atom is -0.475 e. The molecule has 150 valence electrons. The molecule has 0 aliphatic heterocycles. The fourth-order valence-electron chi connectivity index (χ4n) is 2.41. The van der Waals surface area contributed by atoms with E-state index in [1.807, 2.05) is 6.92 Å². The highest BCUT2D eigenvalue weighted by atomic mass is 19.1. The van der Waals surface area contributed by atoms with Gasteiger partial charge in [0.15, 0.2) is 0 Å². The lowest BCUT2D eigenvalue weighted by atomic mass is 10.1. The molecule has 7 N–H and O–H groups in total. The molecule has 2 aromatic rings. The molecule has 0 bridgehead atoms. The Balaban J connectivity index is 2.40. The molecule has 0 aliphatic rings. The van der Waals surface area contributed by atoms with Crippen LogP contribution in [0.25, 0.3) is 5.70 Å². The number of nitrogen functional groups attached to an aromatic ring is 1. The van der Waals surface area contributed by atoms with Crippen molar-refractivity contribution in [2.24, 2.45) is 11.5 Å². The summed E-state index contributed by atoms with van der Waals surface area (Å²) in [6, 6.07) is 8.17. The van der Waals surface area contributed by atoms with Crippen molar-refractivity contribution in [1.29, 1.82) is 0 Å². The van der Waals surface area contributed by atoms with Crippen LogP contribution in [0.2, 0.25) is 0 Å². The summed E-state index contributed by atoms with van der Waals surface area (Å²) in [6.45, 7) is 2.60. The number of anilines is 2. The van der Waals surface area contributed by atoms with Gasteiger partial charge in [-0.1, -0.05) is 13.0 Å². The van der Waals surface area contributed by atoms with E-state index >= 15 is 0 Å². The number of halogens is 1. The first-order valence-corrected chi connectivity index (χ1v) is 8.80. The maximum absolute atomic E-state index is 14.3. The number of benzene rings is 1. The lowest BCUT2D eigenvalue weighted by molar-refractivity contribution is 0.108. The molecule has 1 heterocycles. The highest BCUT2D eigenvalue weighted by Gasteiger charge is 2.10. The van der Waals surface area contributed by atoms with Crippen LogP contribution in [0.1, 0.15) is 18.1 Å². The molecule has 0 unspecified atom stereocenters. The Bertz CT molecular complexity index is 867. The highest BCUT2D eigenvalue weighted by molar-refractivity contribution is 5.69. The van der Waals surface area contributed by atoms with Crippen molar-refractivity contribution in [2.75, 3.05) is 31.4 Å². The van der Waals surface area contributed by atoms with Crippen molar-refractivity contribution in [3.05, 3.63) is 71.1 Å². The van der Waals surface area contributed by atoms with Crippen LogP contribution in [-0.4, -0.2) is 25.3 Å². The molecule has 7 nitrogen and oxygen atoms in total. The standard InChI is InChI=1S/C20H26FN5O2/c1-3-13-4-5-16(21)15(10-13)17(22)12-18(20(24)28-9-8-27-2)26-14-6-7-25-19(23)11-14/h4-7,10-12H,3,8-9,22,24H2,1-2H3,(H3,23,25,26)/b17-12-,20-18-. The molecule has 1 aromatic carbocycles. The smallest absolute Gasteiger partial charge is 0.208 e. The largest absolute Gasteiger partial charge is 0.475 e. The van der Waals surface area contributed by atoms with Gasteiger partial charge in [0, 0.05) is 36.3 Å². The van der Waals surface area contributed by atoms with Crippen molar-refractivity contribution < 1.29 is 13.9 Å². The molecule has 0 fully saturated rings. The van der Waals surface area contributed by atoms with E-state index in [1.54, 1.807) is 37.6 Å². The van der Waals surface area contributed by atoms with Crippen molar-refractivity contribution in [2.45, 2.75) is 13.3 Å². The molecule has 2 rings (SSSR count). The molecule has 8 heteroatoms. The van der Waals surface area contributed by atoms with E-state index in [-0.39, 0.29) is 23.8 Å². The molecular formula is C20H26FN5O2. The van der Waals surface area contributed by atoms with Gasteiger partial charge < -0.3 is 32.0 Å². The van der Waals surface area contributed by atoms with Gasteiger partial charge in [-0.3, -0.25) is 0 Å². The summed E-state index contributed by atoms with van der Waals surface area (Å²) in [7, 11) is 1.56. The van der Waals surface area contributed by atoms with E-state index in [0.717, 1.165) is 12.0 Å². The minimum atomic E-state index is -0.419. The maximum atomic E-state index is 14.3. The van der Waals surface area contributed by atoms with Crippen LogP contribution in [0.4, 0.5) is 15.9 Å².